The number of halogens is 1. The van der Waals surface area contributed by atoms with E-state index in [1.807, 2.05) is 0 Å². The zero-order valence-electron chi connectivity index (χ0n) is 7.98. The summed E-state index contributed by atoms with van der Waals surface area (Å²) in [6.45, 7) is 8.65. The molecule has 0 amide bonds. The van der Waals surface area contributed by atoms with E-state index in [0.717, 1.165) is 6.42 Å². The van der Waals surface area contributed by atoms with Crippen molar-refractivity contribution in [1.82, 2.24) is 0 Å². The third-order valence-electron chi connectivity index (χ3n) is 1.27. The van der Waals surface area contributed by atoms with Crippen molar-refractivity contribution < 1.29 is 4.43 Å². The minimum absolute atomic E-state index is 0.0541. The Labute approximate surface area is 76.2 Å². The fourth-order valence-electron chi connectivity index (χ4n) is 0.807. The van der Waals surface area contributed by atoms with Gasteiger partial charge in [-0.3, -0.25) is 0 Å². The van der Waals surface area contributed by atoms with Crippen molar-refractivity contribution in [3.8, 4) is 0 Å². The molecule has 0 saturated heterocycles. The van der Waals surface area contributed by atoms with E-state index in [1.165, 1.54) is 12.8 Å². The zero-order valence-corrected chi connectivity index (χ0v) is 9.74. The highest BCUT2D eigenvalue weighted by atomic mass is 35.5. The van der Waals surface area contributed by atoms with Gasteiger partial charge in [0.25, 0.3) is 0 Å². The molecule has 1 nitrogen and oxygen atoms in total. The van der Waals surface area contributed by atoms with Crippen molar-refractivity contribution in [1.29, 1.82) is 0 Å². The second-order valence-corrected chi connectivity index (χ2v) is 8.73. The zero-order chi connectivity index (χ0) is 8.91. The van der Waals surface area contributed by atoms with Gasteiger partial charge in [-0.2, -0.15) is 0 Å². The van der Waals surface area contributed by atoms with Gasteiger partial charge in [-0.15, -0.1) is 0 Å². The maximum absolute atomic E-state index is 5.96. The highest BCUT2D eigenvalue weighted by Crippen LogP contribution is 2.15. The van der Waals surface area contributed by atoms with Crippen molar-refractivity contribution in [2.45, 2.75) is 51.4 Å². The third-order valence-corrected chi connectivity index (χ3v) is 2.71. The van der Waals surface area contributed by atoms with Crippen LogP contribution in [0, 0.1) is 0 Å². The molecule has 0 spiro atoms. The average molecular weight is 195 g/mol. The summed E-state index contributed by atoms with van der Waals surface area (Å²) < 4.78 is 5.64. The minimum Gasteiger partial charge on any atom is -0.402 e. The molecular weight excluding hydrogens is 176 g/mol. The average Bonchev–Trinajstić information content (AvgIpc) is 1.79. The first-order valence-electron chi connectivity index (χ1n) is 4.27. The van der Waals surface area contributed by atoms with Gasteiger partial charge in [0.15, 0.2) is 8.32 Å². The quantitative estimate of drug-likeness (QED) is 0.480. The first kappa shape index (κ1) is 11.5. The van der Waals surface area contributed by atoms with Crippen LogP contribution in [0.3, 0.4) is 0 Å². The molecule has 68 valence electrons. The molecule has 0 N–H and O–H groups in total. The van der Waals surface area contributed by atoms with Gasteiger partial charge in [0.1, 0.15) is 5.56 Å². The molecule has 0 bridgehead atoms. The summed E-state index contributed by atoms with van der Waals surface area (Å²) in [6.07, 6.45) is 3.35. The first-order valence-corrected chi connectivity index (χ1v) is 8.12. The number of hydrogen-bond acceptors (Lipinski definition) is 1. The van der Waals surface area contributed by atoms with Gasteiger partial charge < -0.3 is 4.43 Å². The SMILES string of the molecule is CCCCC(Cl)O[Si](C)(C)C. The Bertz CT molecular complexity index is 101. The maximum Gasteiger partial charge on any atom is 0.185 e. The predicted octanol–water partition coefficient (Wildman–Crippen LogP) is 3.59. The largest absolute Gasteiger partial charge is 0.402 e. The van der Waals surface area contributed by atoms with Gasteiger partial charge in [-0.1, -0.05) is 24.9 Å². The highest BCUT2D eigenvalue weighted by molar-refractivity contribution is 6.70. The van der Waals surface area contributed by atoms with Crippen molar-refractivity contribution in [3.63, 3.8) is 0 Å². The second kappa shape index (κ2) is 5.17. The smallest absolute Gasteiger partial charge is 0.185 e. The number of unbranched alkanes of at least 4 members (excludes halogenated alkanes) is 1. The van der Waals surface area contributed by atoms with Gasteiger partial charge in [-0.05, 0) is 32.5 Å². The van der Waals surface area contributed by atoms with E-state index in [4.69, 9.17) is 16.0 Å². The number of hydrogen-bond donors (Lipinski definition) is 0. The molecule has 0 aromatic heterocycles. The Morgan fingerprint density at radius 1 is 1.36 bits per heavy atom. The van der Waals surface area contributed by atoms with Crippen LogP contribution in [-0.4, -0.2) is 13.9 Å². The van der Waals surface area contributed by atoms with Crippen LogP contribution in [0.2, 0.25) is 19.6 Å². The molecule has 11 heavy (non-hydrogen) atoms. The van der Waals surface area contributed by atoms with Gasteiger partial charge in [0, 0.05) is 0 Å². The molecular formula is C8H19ClOSi. The van der Waals surface area contributed by atoms with Crippen LogP contribution in [0.15, 0.2) is 0 Å². The van der Waals surface area contributed by atoms with E-state index in [1.54, 1.807) is 0 Å². The van der Waals surface area contributed by atoms with Gasteiger partial charge in [-0.25, -0.2) is 0 Å². The van der Waals surface area contributed by atoms with Crippen molar-refractivity contribution in [2.24, 2.45) is 0 Å². The Kier molecular flexibility index (Phi) is 5.39. The van der Waals surface area contributed by atoms with Crippen molar-refractivity contribution >= 4 is 19.9 Å². The lowest BCUT2D eigenvalue weighted by Gasteiger charge is -2.21. The summed E-state index contributed by atoms with van der Waals surface area (Å²) in [4.78, 5) is 0. The van der Waals surface area contributed by atoms with Crippen LogP contribution in [-0.2, 0) is 4.43 Å². The Balaban J connectivity index is 3.44. The summed E-state index contributed by atoms with van der Waals surface area (Å²) in [5.41, 5.74) is -0.0541. The van der Waals surface area contributed by atoms with E-state index < -0.39 is 8.32 Å². The second-order valence-electron chi connectivity index (χ2n) is 3.78. The van der Waals surface area contributed by atoms with E-state index in [0.29, 0.717) is 0 Å². The van der Waals surface area contributed by atoms with E-state index in [2.05, 4.69) is 26.6 Å². The molecule has 0 aliphatic carbocycles. The summed E-state index contributed by atoms with van der Waals surface area (Å²) >= 11 is 5.96. The molecule has 0 rings (SSSR count). The minimum atomic E-state index is -1.40. The lowest BCUT2D eigenvalue weighted by atomic mass is 10.3. The lowest BCUT2D eigenvalue weighted by molar-refractivity contribution is 0.259. The topological polar surface area (TPSA) is 9.23 Å². The van der Waals surface area contributed by atoms with Crippen LogP contribution < -0.4 is 0 Å². The lowest BCUT2D eigenvalue weighted by Crippen LogP contribution is -2.29. The van der Waals surface area contributed by atoms with E-state index in [9.17, 15) is 0 Å². The summed E-state index contributed by atoms with van der Waals surface area (Å²) in [7, 11) is -1.40. The van der Waals surface area contributed by atoms with Crippen molar-refractivity contribution in [3.05, 3.63) is 0 Å². The Hall–Kier alpha value is 0.467. The Morgan fingerprint density at radius 2 is 1.91 bits per heavy atom. The van der Waals surface area contributed by atoms with Gasteiger partial charge >= 0.3 is 0 Å². The van der Waals surface area contributed by atoms with Gasteiger partial charge in [0.05, 0.1) is 0 Å². The molecule has 0 radical (unpaired) electrons. The molecule has 0 aliphatic heterocycles. The van der Waals surface area contributed by atoms with Crippen LogP contribution in [0.1, 0.15) is 26.2 Å². The van der Waals surface area contributed by atoms with Crippen LogP contribution in [0.25, 0.3) is 0 Å². The van der Waals surface area contributed by atoms with Crippen LogP contribution >= 0.6 is 11.6 Å². The molecule has 1 atom stereocenters. The fourth-order valence-corrected chi connectivity index (χ4v) is 2.65. The van der Waals surface area contributed by atoms with Crippen molar-refractivity contribution in [2.75, 3.05) is 0 Å². The molecule has 0 aromatic rings. The van der Waals surface area contributed by atoms with Crippen LogP contribution in [0.5, 0.6) is 0 Å². The normalized spacial score (nSPS) is 15.0. The third kappa shape index (κ3) is 8.37. The van der Waals surface area contributed by atoms with E-state index >= 15 is 0 Å². The standard InChI is InChI=1S/C8H19ClOSi/c1-5-6-7-8(9)10-11(2,3)4/h8H,5-7H2,1-4H3. The highest BCUT2D eigenvalue weighted by Gasteiger charge is 2.18. The molecule has 3 heteroatoms. The molecule has 0 aliphatic rings. The molecule has 0 fully saturated rings. The Morgan fingerprint density at radius 3 is 2.27 bits per heavy atom. The molecule has 0 saturated carbocycles. The summed E-state index contributed by atoms with van der Waals surface area (Å²) in [5, 5.41) is 0. The molecule has 0 heterocycles. The summed E-state index contributed by atoms with van der Waals surface area (Å²) in [5.74, 6) is 0. The number of rotatable bonds is 5. The van der Waals surface area contributed by atoms with Crippen LogP contribution in [0.4, 0.5) is 0 Å². The van der Waals surface area contributed by atoms with E-state index in [-0.39, 0.29) is 5.56 Å². The first-order chi connectivity index (χ1) is 4.95. The predicted molar refractivity (Wildman–Crippen MR) is 53.6 cm³/mol. The van der Waals surface area contributed by atoms with Gasteiger partial charge in [0.2, 0.25) is 0 Å². The molecule has 0 aromatic carbocycles. The summed E-state index contributed by atoms with van der Waals surface area (Å²) in [6, 6.07) is 0. The molecule has 1 unspecified atom stereocenters. The fraction of sp³-hybridized carbons (Fsp3) is 1.00. The number of alkyl halides is 1. The maximum atomic E-state index is 5.96. The monoisotopic (exact) mass is 194 g/mol.